The standard InChI is InChI=1S/C24H22N2O2/c1-26-22(15-21(16-27)25-26)12-11-19-13-20-9-5-6-10-23(20)24(14-19)28-17-18-7-3-2-4-8-18/h2-15,27H,16-17H2,1H3/b12-11+. The Morgan fingerprint density at radius 1 is 0.964 bits per heavy atom. The highest BCUT2D eigenvalue weighted by Crippen LogP contribution is 2.29. The number of rotatable bonds is 6. The largest absolute Gasteiger partial charge is 0.488 e. The van der Waals surface area contributed by atoms with Gasteiger partial charge in [-0.05, 0) is 40.8 Å². The maximum absolute atomic E-state index is 9.25. The van der Waals surface area contributed by atoms with Crippen molar-refractivity contribution in [2.45, 2.75) is 13.2 Å². The minimum absolute atomic E-state index is 0.0604. The average Bonchev–Trinajstić information content (AvgIpc) is 3.11. The summed E-state index contributed by atoms with van der Waals surface area (Å²) in [5.41, 5.74) is 3.78. The van der Waals surface area contributed by atoms with Gasteiger partial charge in [-0.25, -0.2) is 0 Å². The van der Waals surface area contributed by atoms with E-state index in [0.717, 1.165) is 33.3 Å². The van der Waals surface area contributed by atoms with E-state index < -0.39 is 0 Å². The number of hydrogen-bond donors (Lipinski definition) is 1. The van der Waals surface area contributed by atoms with Crippen LogP contribution in [-0.4, -0.2) is 14.9 Å². The van der Waals surface area contributed by atoms with E-state index in [-0.39, 0.29) is 6.61 Å². The third-order valence-electron chi connectivity index (χ3n) is 4.66. The molecule has 140 valence electrons. The van der Waals surface area contributed by atoms with Crippen molar-refractivity contribution < 1.29 is 9.84 Å². The lowest BCUT2D eigenvalue weighted by Gasteiger charge is -2.11. The fourth-order valence-corrected chi connectivity index (χ4v) is 3.21. The molecule has 0 fully saturated rings. The summed E-state index contributed by atoms with van der Waals surface area (Å²) >= 11 is 0. The van der Waals surface area contributed by atoms with Gasteiger partial charge in [0, 0.05) is 12.4 Å². The quantitative estimate of drug-likeness (QED) is 0.530. The van der Waals surface area contributed by atoms with E-state index in [1.807, 2.05) is 55.6 Å². The Bertz CT molecular complexity index is 1110. The van der Waals surface area contributed by atoms with Gasteiger partial charge in [0.2, 0.25) is 0 Å². The molecule has 0 radical (unpaired) electrons. The van der Waals surface area contributed by atoms with Crippen molar-refractivity contribution in [1.82, 2.24) is 9.78 Å². The SMILES string of the molecule is Cn1nc(CO)cc1/C=C/c1cc(OCc2ccccc2)c2ccccc2c1. The molecule has 0 aliphatic heterocycles. The molecule has 1 aromatic heterocycles. The van der Waals surface area contributed by atoms with Gasteiger partial charge < -0.3 is 9.84 Å². The second-order valence-electron chi connectivity index (χ2n) is 6.69. The highest BCUT2D eigenvalue weighted by molar-refractivity contribution is 5.91. The first-order chi connectivity index (χ1) is 13.7. The Morgan fingerprint density at radius 3 is 2.54 bits per heavy atom. The Morgan fingerprint density at radius 2 is 1.75 bits per heavy atom. The summed E-state index contributed by atoms with van der Waals surface area (Å²) in [6.07, 6.45) is 4.04. The topological polar surface area (TPSA) is 47.3 Å². The van der Waals surface area contributed by atoms with Gasteiger partial charge in [-0.2, -0.15) is 5.10 Å². The fourth-order valence-electron chi connectivity index (χ4n) is 3.21. The van der Waals surface area contributed by atoms with Crippen molar-refractivity contribution >= 4 is 22.9 Å². The molecule has 1 heterocycles. The summed E-state index contributed by atoms with van der Waals surface area (Å²) in [6.45, 7) is 0.467. The lowest BCUT2D eigenvalue weighted by molar-refractivity contribution is 0.275. The van der Waals surface area contributed by atoms with Crippen molar-refractivity contribution in [2.24, 2.45) is 7.05 Å². The molecule has 0 atom stereocenters. The number of hydrogen-bond acceptors (Lipinski definition) is 3. The molecule has 0 aliphatic carbocycles. The molecule has 0 aliphatic rings. The van der Waals surface area contributed by atoms with Gasteiger partial charge in [0.1, 0.15) is 12.4 Å². The highest BCUT2D eigenvalue weighted by atomic mass is 16.5. The predicted octanol–water partition coefficient (Wildman–Crippen LogP) is 4.82. The predicted molar refractivity (Wildman–Crippen MR) is 113 cm³/mol. The van der Waals surface area contributed by atoms with Gasteiger partial charge in [-0.1, -0.05) is 60.7 Å². The van der Waals surface area contributed by atoms with Crippen LogP contribution in [-0.2, 0) is 20.3 Å². The van der Waals surface area contributed by atoms with Gasteiger partial charge in [-0.3, -0.25) is 4.68 Å². The van der Waals surface area contributed by atoms with Crippen LogP contribution in [0.4, 0.5) is 0 Å². The van der Waals surface area contributed by atoms with Crippen LogP contribution < -0.4 is 4.74 Å². The lowest BCUT2D eigenvalue weighted by atomic mass is 10.1. The second kappa shape index (κ2) is 8.11. The molecule has 1 N–H and O–H groups in total. The van der Waals surface area contributed by atoms with Crippen LogP contribution in [0.15, 0.2) is 72.8 Å². The molecule has 0 spiro atoms. The van der Waals surface area contributed by atoms with E-state index in [1.54, 1.807) is 4.68 Å². The van der Waals surface area contributed by atoms with Crippen LogP contribution in [0.2, 0.25) is 0 Å². The number of nitrogens with zero attached hydrogens (tertiary/aromatic N) is 2. The fraction of sp³-hybridized carbons (Fsp3) is 0.125. The van der Waals surface area contributed by atoms with Gasteiger partial charge in [0.25, 0.3) is 0 Å². The monoisotopic (exact) mass is 370 g/mol. The van der Waals surface area contributed by atoms with Crippen molar-refractivity contribution in [1.29, 1.82) is 0 Å². The maximum Gasteiger partial charge on any atom is 0.128 e. The minimum atomic E-state index is -0.0604. The van der Waals surface area contributed by atoms with Crippen LogP contribution >= 0.6 is 0 Å². The molecule has 0 amide bonds. The average molecular weight is 370 g/mol. The number of aliphatic hydroxyl groups excluding tert-OH is 1. The number of aryl methyl sites for hydroxylation is 1. The van der Waals surface area contributed by atoms with E-state index in [9.17, 15) is 5.11 Å². The summed E-state index contributed by atoms with van der Waals surface area (Å²) in [5, 5.41) is 15.7. The van der Waals surface area contributed by atoms with E-state index in [1.165, 1.54) is 0 Å². The molecule has 0 saturated carbocycles. The van der Waals surface area contributed by atoms with Gasteiger partial charge in [0.15, 0.2) is 0 Å². The zero-order valence-electron chi connectivity index (χ0n) is 15.7. The second-order valence-corrected chi connectivity index (χ2v) is 6.69. The van der Waals surface area contributed by atoms with Gasteiger partial charge in [0.05, 0.1) is 18.0 Å². The summed E-state index contributed by atoms with van der Waals surface area (Å²) in [6, 6.07) is 24.5. The van der Waals surface area contributed by atoms with Crippen molar-refractivity contribution in [2.75, 3.05) is 0 Å². The maximum atomic E-state index is 9.25. The zero-order chi connectivity index (χ0) is 19.3. The van der Waals surface area contributed by atoms with Crippen LogP contribution in [0, 0.1) is 0 Å². The highest BCUT2D eigenvalue weighted by Gasteiger charge is 2.06. The van der Waals surface area contributed by atoms with Gasteiger partial charge in [-0.15, -0.1) is 0 Å². The molecular weight excluding hydrogens is 348 g/mol. The summed E-state index contributed by atoms with van der Waals surface area (Å²) in [5.74, 6) is 0.864. The Balaban J connectivity index is 1.65. The molecule has 4 rings (SSSR count). The van der Waals surface area contributed by atoms with E-state index in [0.29, 0.717) is 12.3 Å². The Kier molecular flexibility index (Phi) is 5.22. The smallest absolute Gasteiger partial charge is 0.128 e. The van der Waals surface area contributed by atoms with Crippen LogP contribution in [0.25, 0.3) is 22.9 Å². The zero-order valence-corrected chi connectivity index (χ0v) is 15.7. The number of ether oxygens (including phenoxy) is 1. The number of fused-ring (bicyclic) bond motifs is 1. The molecule has 28 heavy (non-hydrogen) atoms. The first-order valence-corrected chi connectivity index (χ1v) is 9.24. The molecule has 0 unspecified atom stereocenters. The van der Waals surface area contributed by atoms with Crippen molar-refractivity contribution in [3.05, 3.63) is 95.3 Å². The Hall–Kier alpha value is -3.37. The van der Waals surface area contributed by atoms with Crippen LogP contribution in [0.3, 0.4) is 0 Å². The summed E-state index contributed by atoms with van der Waals surface area (Å²) in [4.78, 5) is 0. The number of aromatic nitrogens is 2. The van der Waals surface area contributed by atoms with Crippen LogP contribution in [0.1, 0.15) is 22.5 Å². The first-order valence-electron chi connectivity index (χ1n) is 9.24. The first kappa shape index (κ1) is 18.0. The molecule has 3 aromatic carbocycles. The van der Waals surface area contributed by atoms with Crippen molar-refractivity contribution in [3.63, 3.8) is 0 Å². The summed E-state index contributed by atoms with van der Waals surface area (Å²) < 4.78 is 7.92. The Labute approximate surface area is 164 Å². The molecule has 4 aromatic rings. The van der Waals surface area contributed by atoms with Crippen molar-refractivity contribution in [3.8, 4) is 5.75 Å². The molecule has 0 bridgehead atoms. The third-order valence-corrected chi connectivity index (χ3v) is 4.66. The molecular formula is C24H22N2O2. The van der Waals surface area contributed by atoms with Crippen LogP contribution in [0.5, 0.6) is 5.75 Å². The number of aliphatic hydroxyl groups is 1. The van der Waals surface area contributed by atoms with Gasteiger partial charge >= 0.3 is 0 Å². The third kappa shape index (κ3) is 3.97. The molecule has 0 saturated heterocycles. The molecule has 4 heteroatoms. The lowest BCUT2D eigenvalue weighted by Crippen LogP contribution is -1.96. The van der Waals surface area contributed by atoms with E-state index in [2.05, 4.69) is 41.5 Å². The van der Waals surface area contributed by atoms with E-state index >= 15 is 0 Å². The normalized spacial score (nSPS) is 11.4. The van der Waals surface area contributed by atoms with E-state index in [4.69, 9.17) is 4.74 Å². The number of benzene rings is 3. The summed E-state index contributed by atoms with van der Waals surface area (Å²) in [7, 11) is 1.87. The minimum Gasteiger partial charge on any atom is -0.488 e. The molecule has 4 nitrogen and oxygen atoms in total.